The molecule has 130 valence electrons. The minimum absolute atomic E-state index is 0.0201. The largest absolute Gasteiger partial charge is 0.412 e. The maximum atomic E-state index is 12.3. The first kappa shape index (κ1) is 18.6. The average molecular weight is 366 g/mol. The molecule has 0 aliphatic carbocycles. The van der Waals surface area contributed by atoms with Gasteiger partial charge in [-0.1, -0.05) is 40.4 Å². The molecule has 8 heteroatoms. The molecule has 0 spiro atoms. The van der Waals surface area contributed by atoms with Crippen molar-refractivity contribution in [3.05, 3.63) is 0 Å². The molecule has 2 rings (SSSR count). The van der Waals surface area contributed by atoms with Crippen molar-refractivity contribution in [3.63, 3.8) is 0 Å². The number of fused-ring (bicyclic) bond motifs is 1. The van der Waals surface area contributed by atoms with Gasteiger partial charge in [-0.05, 0) is 24.6 Å². The summed E-state index contributed by atoms with van der Waals surface area (Å²) >= 11 is 0. The lowest BCUT2D eigenvalue weighted by Crippen LogP contribution is -2.46. The van der Waals surface area contributed by atoms with Crippen LogP contribution in [-0.4, -0.2) is 53.5 Å². The fourth-order valence-electron chi connectivity index (χ4n) is 2.96. The van der Waals surface area contributed by atoms with Gasteiger partial charge in [0, 0.05) is 5.67 Å². The second-order valence-corrected chi connectivity index (χ2v) is 20.7. The van der Waals surface area contributed by atoms with Crippen molar-refractivity contribution in [2.45, 2.75) is 82.8 Å². The van der Waals surface area contributed by atoms with Crippen molar-refractivity contribution < 1.29 is 17.0 Å². The van der Waals surface area contributed by atoms with Crippen molar-refractivity contribution in [1.82, 2.24) is 4.31 Å². The predicted molar refractivity (Wildman–Crippen MR) is 94.3 cm³/mol. The van der Waals surface area contributed by atoms with Gasteiger partial charge < -0.3 is 4.43 Å². The van der Waals surface area contributed by atoms with Gasteiger partial charge >= 0.3 is 10.3 Å². The van der Waals surface area contributed by atoms with Gasteiger partial charge in [-0.25, -0.2) is 0 Å². The summed E-state index contributed by atoms with van der Waals surface area (Å²) in [6, 6.07) is -0.0201. The second-order valence-electron chi connectivity index (χ2n) is 9.12. The SMILES string of the molecule is CC(C)(C)[Si](C)(C)O[C@H]1CCOS(=O)(=O)N2[C@@H]1[C@H]2[Si](C)(C)C. The van der Waals surface area contributed by atoms with Crippen molar-refractivity contribution >= 4 is 26.7 Å². The van der Waals surface area contributed by atoms with Crippen molar-refractivity contribution in [2.75, 3.05) is 6.61 Å². The fourth-order valence-corrected chi connectivity index (χ4v) is 9.35. The highest BCUT2D eigenvalue weighted by Crippen LogP contribution is 2.47. The van der Waals surface area contributed by atoms with Crippen LogP contribution in [0, 0.1) is 0 Å². The third-order valence-electron chi connectivity index (χ3n) is 5.22. The first-order valence-corrected chi connectivity index (χ1v) is 15.9. The maximum absolute atomic E-state index is 12.3. The molecule has 2 heterocycles. The van der Waals surface area contributed by atoms with E-state index in [2.05, 4.69) is 53.5 Å². The molecule has 4 atom stereocenters. The minimum Gasteiger partial charge on any atom is -0.412 e. The van der Waals surface area contributed by atoms with Crippen LogP contribution in [0.25, 0.3) is 0 Å². The van der Waals surface area contributed by atoms with Gasteiger partial charge in [0.15, 0.2) is 8.32 Å². The van der Waals surface area contributed by atoms with Crippen LogP contribution in [0.5, 0.6) is 0 Å². The monoisotopic (exact) mass is 365 g/mol. The second kappa shape index (κ2) is 5.39. The van der Waals surface area contributed by atoms with Crippen molar-refractivity contribution in [3.8, 4) is 0 Å². The first-order valence-electron chi connectivity index (χ1n) is 8.04. The van der Waals surface area contributed by atoms with E-state index in [1.54, 1.807) is 4.31 Å². The molecular formula is C14H31NO4SSi2. The molecule has 0 radical (unpaired) electrons. The summed E-state index contributed by atoms with van der Waals surface area (Å²) in [6.07, 6.45) is 0.628. The zero-order valence-electron chi connectivity index (χ0n) is 15.1. The molecule has 0 saturated carbocycles. The van der Waals surface area contributed by atoms with Crippen LogP contribution in [0.3, 0.4) is 0 Å². The lowest BCUT2D eigenvalue weighted by atomic mass is 10.2. The topological polar surface area (TPSA) is 55.6 Å². The average Bonchev–Trinajstić information content (AvgIpc) is 3.00. The van der Waals surface area contributed by atoms with Crippen LogP contribution < -0.4 is 0 Å². The van der Waals surface area contributed by atoms with E-state index in [0.717, 1.165) is 0 Å². The Morgan fingerprint density at radius 2 is 1.68 bits per heavy atom. The third-order valence-corrected chi connectivity index (χ3v) is 13.8. The molecule has 1 unspecified atom stereocenters. The van der Waals surface area contributed by atoms with Gasteiger partial charge in [0.05, 0.1) is 26.8 Å². The van der Waals surface area contributed by atoms with Crippen LogP contribution in [0.2, 0.25) is 37.8 Å². The zero-order valence-corrected chi connectivity index (χ0v) is 18.0. The molecule has 0 aromatic carbocycles. The summed E-state index contributed by atoms with van der Waals surface area (Å²) in [5, 5.41) is 0.118. The molecule has 0 N–H and O–H groups in total. The van der Waals surface area contributed by atoms with Crippen molar-refractivity contribution in [1.29, 1.82) is 0 Å². The molecule has 2 saturated heterocycles. The minimum atomic E-state index is -3.58. The number of rotatable bonds is 3. The highest BCUT2D eigenvalue weighted by atomic mass is 32.2. The van der Waals surface area contributed by atoms with Gasteiger partial charge in [0.25, 0.3) is 0 Å². The van der Waals surface area contributed by atoms with E-state index < -0.39 is 26.7 Å². The van der Waals surface area contributed by atoms with Gasteiger partial charge in [-0.3, -0.25) is 4.18 Å². The van der Waals surface area contributed by atoms with Gasteiger partial charge in [-0.15, -0.1) is 0 Å². The highest BCUT2D eigenvalue weighted by molar-refractivity contribution is 7.84. The summed E-state index contributed by atoms with van der Waals surface area (Å²) in [5.41, 5.74) is 0.104. The molecule has 2 aliphatic rings. The lowest BCUT2D eigenvalue weighted by molar-refractivity contribution is 0.151. The molecular weight excluding hydrogens is 334 g/mol. The van der Waals surface area contributed by atoms with Gasteiger partial charge in [0.1, 0.15) is 0 Å². The number of nitrogens with zero attached hydrogens (tertiary/aromatic N) is 1. The smallest absolute Gasteiger partial charge is 0.338 e. The van der Waals surface area contributed by atoms with E-state index in [1.807, 2.05) is 0 Å². The molecule has 0 bridgehead atoms. The summed E-state index contributed by atoms with van der Waals surface area (Å²) in [5.74, 6) is 0. The Labute approximate surface area is 137 Å². The van der Waals surface area contributed by atoms with E-state index >= 15 is 0 Å². The standard InChI is InChI=1S/C14H31NO4SSi2/c1-14(2,3)22(7,8)19-11-9-10-18-20(16,17)15-12(11)13(15)21(4,5)6/h11-13H,9-10H2,1-8H3/t11-,12-,13+,15?/m0/s1. The van der Waals surface area contributed by atoms with E-state index in [4.69, 9.17) is 8.61 Å². The summed E-state index contributed by atoms with van der Waals surface area (Å²) < 4.78 is 37.9. The Morgan fingerprint density at radius 1 is 1.14 bits per heavy atom. The highest BCUT2D eigenvalue weighted by Gasteiger charge is 2.65. The number of hydrogen-bond donors (Lipinski definition) is 0. The lowest BCUT2D eigenvalue weighted by Gasteiger charge is -2.39. The Kier molecular flexibility index (Phi) is 4.55. The first-order chi connectivity index (χ1) is 9.68. The number of hydrogen-bond acceptors (Lipinski definition) is 4. The summed E-state index contributed by atoms with van der Waals surface area (Å²) in [7, 11) is -7.13. The quantitative estimate of drug-likeness (QED) is 0.570. The molecule has 0 amide bonds. The summed E-state index contributed by atoms with van der Waals surface area (Å²) in [6.45, 7) is 18.0. The molecule has 2 aliphatic heterocycles. The fraction of sp³-hybridized carbons (Fsp3) is 1.00. The van der Waals surface area contributed by atoms with Gasteiger partial charge in [0.2, 0.25) is 0 Å². The van der Waals surface area contributed by atoms with Gasteiger partial charge in [-0.2, -0.15) is 12.7 Å². The van der Waals surface area contributed by atoms with E-state index in [1.165, 1.54) is 0 Å². The molecule has 0 aromatic rings. The van der Waals surface area contributed by atoms with E-state index in [-0.39, 0.29) is 29.5 Å². The molecule has 22 heavy (non-hydrogen) atoms. The summed E-state index contributed by atoms with van der Waals surface area (Å²) in [4.78, 5) is 0. The Balaban J connectivity index is 2.27. The zero-order chi connectivity index (χ0) is 17.1. The molecule has 0 aromatic heterocycles. The Morgan fingerprint density at radius 3 is 2.14 bits per heavy atom. The predicted octanol–water partition coefficient (Wildman–Crippen LogP) is 2.97. The van der Waals surface area contributed by atoms with Crippen LogP contribution >= 0.6 is 0 Å². The van der Waals surface area contributed by atoms with E-state index in [0.29, 0.717) is 6.42 Å². The maximum Gasteiger partial charge on any atom is 0.338 e. The molecule has 2 fully saturated rings. The van der Waals surface area contributed by atoms with Crippen LogP contribution in [0.4, 0.5) is 0 Å². The Bertz CT molecular complexity index is 536. The van der Waals surface area contributed by atoms with Crippen LogP contribution in [0.15, 0.2) is 0 Å². The Hall–Kier alpha value is 0.264. The third kappa shape index (κ3) is 3.37. The van der Waals surface area contributed by atoms with Crippen LogP contribution in [-0.2, 0) is 18.9 Å². The molecule has 5 nitrogen and oxygen atoms in total. The normalized spacial score (nSPS) is 35.6. The van der Waals surface area contributed by atoms with Crippen molar-refractivity contribution in [2.24, 2.45) is 0 Å². The van der Waals surface area contributed by atoms with E-state index in [9.17, 15) is 8.42 Å². The van der Waals surface area contributed by atoms with Crippen LogP contribution in [0.1, 0.15) is 27.2 Å².